The molecular formula is C41H68N2O5. The van der Waals surface area contributed by atoms with Gasteiger partial charge in [-0.3, -0.25) is 14.4 Å². The largest absolute Gasteiger partial charge is 0.481 e. The van der Waals surface area contributed by atoms with Crippen molar-refractivity contribution in [1.29, 1.82) is 0 Å². The number of carboxylic acid groups (broad SMARTS) is 1. The zero-order valence-electron chi connectivity index (χ0n) is 31.2. The number of hydrogen-bond acceptors (Lipinski definition) is 4. The summed E-state index contributed by atoms with van der Waals surface area (Å²) in [6.45, 7) is 20.1. The summed E-state index contributed by atoms with van der Waals surface area (Å²) < 4.78 is 0. The number of nitrogens with one attached hydrogen (secondary N) is 2. The number of aliphatic hydroxyl groups excluding tert-OH is 1. The summed E-state index contributed by atoms with van der Waals surface area (Å²) >= 11 is 0. The molecule has 10 atom stereocenters. The number of amides is 2. The lowest BCUT2D eigenvalue weighted by atomic mass is 9.32. The smallest absolute Gasteiger partial charge is 0.305 e. The van der Waals surface area contributed by atoms with Crippen LogP contribution in [-0.2, 0) is 14.4 Å². The van der Waals surface area contributed by atoms with E-state index >= 15 is 0 Å². The second kappa shape index (κ2) is 14.0. The summed E-state index contributed by atoms with van der Waals surface area (Å²) in [4.78, 5) is 36.8. The highest BCUT2D eigenvalue weighted by Gasteiger charge is 2.71. The van der Waals surface area contributed by atoms with Crippen molar-refractivity contribution in [2.24, 2.45) is 56.7 Å². The van der Waals surface area contributed by atoms with Crippen molar-refractivity contribution in [1.82, 2.24) is 10.6 Å². The topological polar surface area (TPSA) is 116 Å². The molecular weight excluding hydrogens is 600 g/mol. The molecule has 0 aromatic carbocycles. The molecule has 0 heterocycles. The van der Waals surface area contributed by atoms with E-state index in [1.807, 2.05) is 0 Å². The van der Waals surface area contributed by atoms with E-state index in [2.05, 4.69) is 58.8 Å². The molecule has 0 spiro atoms. The van der Waals surface area contributed by atoms with Gasteiger partial charge in [0.25, 0.3) is 0 Å². The summed E-state index contributed by atoms with van der Waals surface area (Å²) in [5.74, 6) is 1.85. The number of allylic oxidation sites excluding steroid dienone is 1. The van der Waals surface area contributed by atoms with Gasteiger partial charge in [0.15, 0.2) is 0 Å². The van der Waals surface area contributed by atoms with Crippen LogP contribution in [0.5, 0.6) is 0 Å². The molecule has 0 aromatic heterocycles. The zero-order chi connectivity index (χ0) is 35.1. The summed E-state index contributed by atoms with van der Waals surface area (Å²) in [7, 11) is 0. The highest BCUT2D eigenvalue weighted by atomic mass is 16.4. The first-order chi connectivity index (χ1) is 22.5. The van der Waals surface area contributed by atoms with Crippen molar-refractivity contribution >= 4 is 17.8 Å². The number of fused-ring (bicyclic) bond motifs is 7. The van der Waals surface area contributed by atoms with Crippen LogP contribution in [0.2, 0.25) is 0 Å². The number of unbranched alkanes of at least 4 members (excludes halogenated alkanes) is 4. The number of carboxylic acids is 1. The van der Waals surface area contributed by atoms with Crippen molar-refractivity contribution in [3.05, 3.63) is 12.2 Å². The SMILES string of the molecule is C=C(C)[C@@H]1CC[C@]2(C(=O)NCCCCCCCC(=O)NCCC(=O)O)CC[C@]3(C)C(CC[C@@H]4[C@@]5(C)CC[C@H](O)C(C)(C)[C@@H]5CC[C@]43C)[C@@H]12. The van der Waals surface area contributed by atoms with E-state index < -0.39 is 5.97 Å². The zero-order valence-corrected chi connectivity index (χ0v) is 31.2. The predicted molar refractivity (Wildman–Crippen MR) is 191 cm³/mol. The molecule has 272 valence electrons. The van der Waals surface area contributed by atoms with E-state index in [9.17, 15) is 19.5 Å². The van der Waals surface area contributed by atoms with Crippen molar-refractivity contribution in [2.45, 2.75) is 157 Å². The number of rotatable bonds is 13. The van der Waals surface area contributed by atoms with Crippen molar-refractivity contribution < 1.29 is 24.6 Å². The third-order valence-electron chi connectivity index (χ3n) is 16.0. The van der Waals surface area contributed by atoms with Gasteiger partial charge in [-0.25, -0.2) is 0 Å². The lowest BCUT2D eigenvalue weighted by molar-refractivity contribution is -0.246. The average Bonchev–Trinajstić information content (AvgIpc) is 3.42. The lowest BCUT2D eigenvalue weighted by Crippen LogP contribution is -2.67. The maximum Gasteiger partial charge on any atom is 0.305 e. The van der Waals surface area contributed by atoms with Crippen molar-refractivity contribution in [3.63, 3.8) is 0 Å². The monoisotopic (exact) mass is 669 g/mol. The Morgan fingerprint density at radius 2 is 1.44 bits per heavy atom. The van der Waals surface area contributed by atoms with E-state index in [0.717, 1.165) is 70.6 Å². The first-order valence-corrected chi connectivity index (χ1v) is 19.6. The Labute approximate surface area is 291 Å². The first-order valence-electron chi connectivity index (χ1n) is 19.6. The molecule has 48 heavy (non-hydrogen) atoms. The second-order valence-electron chi connectivity index (χ2n) is 18.5. The van der Waals surface area contributed by atoms with E-state index in [1.54, 1.807) is 0 Å². The van der Waals surface area contributed by atoms with Gasteiger partial charge in [-0.05, 0) is 135 Å². The van der Waals surface area contributed by atoms with Crippen LogP contribution in [0.15, 0.2) is 12.2 Å². The van der Waals surface area contributed by atoms with Crippen molar-refractivity contribution in [2.75, 3.05) is 13.1 Å². The third-order valence-corrected chi connectivity index (χ3v) is 16.0. The van der Waals surface area contributed by atoms with Gasteiger partial charge in [-0.2, -0.15) is 0 Å². The summed E-state index contributed by atoms with van der Waals surface area (Å²) in [6, 6.07) is 0. The Bertz CT molecular complexity index is 1230. The molecule has 1 unspecified atom stereocenters. The molecule has 0 radical (unpaired) electrons. The van der Waals surface area contributed by atoms with Crippen molar-refractivity contribution in [3.8, 4) is 0 Å². The van der Waals surface area contributed by atoms with E-state index in [4.69, 9.17) is 5.11 Å². The summed E-state index contributed by atoms with van der Waals surface area (Å²) in [6.07, 6.45) is 16.1. The summed E-state index contributed by atoms with van der Waals surface area (Å²) in [5, 5.41) is 25.9. The van der Waals surface area contributed by atoms with Crippen LogP contribution in [0.3, 0.4) is 0 Å². The Kier molecular flexibility index (Phi) is 10.9. The molecule has 0 aromatic rings. The minimum Gasteiger partial charge on any atom is -0.481 e. The fraction of sp³-hybridized carbons (Fsp3) is 0.878. The van der Waals surface area contributed by atoms with Crippen LogP contribution in [-0.4, -0.2) is 47.2 Å². The van der Waals surface area contributed by atoms with Gasteiger partial charge in [0.05, 0.1) is 17.9 Å². The normalized spacial score (nSPS) is 41.2. The molecule has 5 aliphatic rings. The molecule has 5 fully saturated rings. The standard InChI is InChI=1S/C41H68N2O5/c1-27(2)28-16-22-41(36(48)43-25-12-10-8-9-11-13-33(45)42-26-19-34(46)47)24-23-39(6)29(35(28)41)14-15-31-38(5)20-18-32(44)37(3,4)30(38)17-21-40(31,39)7/h28-32,35,44H,1,8-26H2,2-7H3,(H,42,45)(H,43,48)(H,46,47)/t28-,29?,30-,31+,32-,35+,38-,39+,40+,41-/m0/s1. The van der Waals surface area contributed by atoms with Crippen LogP contribution in [0.1, 0.15) is 151 Å². The van der Waals surface area contributed by atoms with E-state index in [0.29, 0.717) is 48.5 Å². The second-order valence-corrected chi connectivity index (χ2v) is 18.5. The maximum absolute atomic E-state index is 14.3. The van der Waals surface area contributed by atoms with Crippen LogP contribution in [0.4, 0.5) is 0 Å². The molecule has 5 saturated carbocycles. The van der Waals surface area contributed by atoms with Crippen LogP contribution >= 0.6 is 0 Å². The number of carbonyl (C=O) groups is 3. The Morgan fingerprint density at radius 1 is 0.729 bits per heavy atom. The maximum atomic E-state index is 14.3. The Balaban J connectivity index is 1.21. The number of carbonyl (C=O) groups excluding carboxylic acids is 2. The minimum atomic E-state index is -0.900. The highest BCUT2D eigenvalue weighted by molar-refractivity contribution is 5.84. The quantitative estimate of drug-likeness (QED) is 0.117. The van der Waals surface area contributed by atoms with Gasteiger partial charge in [-0.15, -0.1) is 0 Å². The van der Waals surface area contributed by atoms with E-state index in [-0.39, 0.29) is 52.1 Å². The van der Waals surface area contributed by atoms with Gasteiger partial charge < -0.3 is 20.8 Å². The molecule has 4 N–H and O–H groups in total. The van der Waals surface area contributed by atoms with Gasteiger partial charge in [-0.1, -0.05) is 66.0 Å². The molecule has 7 heteroatoms. The molecule has 5 aliphatic carbocycles. The number of aliphatic carboxylic acids is 1. The fourth-order valence-electron chi connectivity index (χ4n) is 13.2. The first kappa shape index (κ1) is 37.4. The molecule has 0 saturated heterocycles. The van der Waals surface area contributed by atoms with Crippen LogP contribution < -0.4 is 10.6 Å². The van der Waals surface area contributed by atoms with Gasteiger partial charge >= 0.3 is 5.97 Å². The van der Waals surface area contributed by atoms with E-state index in [1.165, 1.54) is 31.3 Å². The lowest BCUT2D eigenvalue weighted by Gasteiger charge is -2.72. The van der Waals surface area contributed by atoms with Gasteiger partial charge in [0, 0.05) is 19.5 Å². The Morgan fingerprint density at radius 3 is 2.15 bits per heavy atom. The summed E-state index contributed by atoms with van der Waals surface area (Å²) in [5.41, 5.74) is 1.63. The van der Waals surface area contributed by atoms with Crippen LogP contribution in [0.25, 0.3) is 0 Å². The average molecular weight is 669 g/mol. The van der Waals surface area contributed by atoms with Gasteiger partial charge in [0.2, 0.25) is 11.8 Å². The van der Waals surface area contributed by atoms with Crippen LogP contribution in [0, 0.1) is 56.7 Å². The van der Waals surface area contributed by atoms with Gasteiger partial charge in [0.1, 0.15) is 0 Å². The number of aliphatic hydroxyl groups is 1. The minimum absolute atomic E-state index is 0.0383. The molecule has 5 rings (SSSR count). The highest BCUT2D eigenvalue weighted by Crippen LogP contribution is 2.77. The fourth-order valence-corrected chi connectivity index (χ4v) is 13.2. The Hall–Kier alpha value is -1.89. The molecule has 2 amide bonds. The molecule has 0 aliphatic heterocycles. The molecule has 7 nitrogen and oxygen atoms in total. The number of hydrogen-bond donors (Lipinski definition) is 4. The third kappa shape index (κ3) is 6.30. The molecule has 0 bridgehead atoms. The predicted octanol–water partition coefficient (Wildman–Crippen LogP) is 8.05.